The first-order valence-electron chi connectivity index (χ1n) is 11.8. The maximum Gasteiger partial charge on any atom is 0.333 e. The smallest absolute Gasteiger partial charge is 0.333 e. The fourth-order valence-corrected chi connectivity index (χ4v) is 5.00. The van der Waals surface area contributed by atoms with E-state index in [4.69, 9.17) is 19.6 Å². The van der Waals surface area contributed by atoms with E-state index < -0.39 is 21.0 Å². The molecule has 2 fully saturated rings. The number of carbonyl (C=O) groups is 1. The fourth-order valence-electron chi connectivity index (χ4n) is 4.06. The van der Waals surface area contributed by atoms with Crippen molar-refractivity contribution in [3.05, 3.63) is 28.1 Å². The Bertz CT molecular complexity index is 1080. The Balaban J connectivity index is 1.75. The van der Waals surface area contributed by atoms with Crippen molar-refractivity contribution in [3.8, 4) is 5.88 Å². The maximum absolute atomic E-state index is 13.0. The molecular weight excluding hydrogens is 488 g/mol. The number of allylic oxidation sites excluding steroid dienone is 1. The minimum atomic E-state index is -4.40. The van der Waals surface area contributed by atoms with Crippen LogP contribution in [0.2, 0.25) is 0 Å². The molecule has 2 saturated heterocycles. The van der Waals surface area contributed by atoms with Gasteiger partial charge >= 0.3 is 6.03 Å². The van der Waals surface area contributed by atoms with Crippen LogP contribution in [0, 0.1) is 5.41 Å². The predicted molar refractivity (Wildman–Crippen MR) is 136 cm³/mol. The number of hydrogen-bond acceptors (Lipinski definition) is 10. The van der Waals surface area contributed by atoms with Crippen molar-refractivity contribution >= 4 is 28.0 Å². The number of hydrogen-bond donors (Lipinski definition) is 4. The van der Waals surface area contributed by atoms with Crippen molar-refractivity contribution < 1.29 is 27.4 Å². The number of carbonyl (C=O) groups excluding carboxylic acids is 1. The molecule has 0 bridgehead atoms. The van der Waals surface area contributed by atoms with Gasteiger partial charge in [0, 0.05) is 39.0 Å². The third-order valence-corrected chi connectivity index (χ3v) is 7.52. The minimum Gasteiger partial charge on any atom is -0.481 e. The lowest BCUT2D eigenvalue weighted by atomic mass is 9.97. The average Bonchev–Trinajstić information content (AvgIpc) is 2.78. The van der Waals surface area contributed by atoms with E-state index in [9.17, 15) is 13.2 Å². The number of nitrogens with zero attached hydrogens (tertiary/aromatic N) is 2. The molecule has 2 aliphatic heterocycles. The SMILES string of the molecule is COc1cc(C(C)C)c(NC(=O)NS(=O)(=O)/C(C=N)=C2/NC[C@H](N3CC(OC)C3)CO2)c(C(C)C)n1. The third kappa shape index (κ3) is 6.08. The summed E-state index contributed by atoms with van der Waals surface area (Å²) in [6, 6.07) is 0.803. The molecule has 0 saturated carbocycles. The topological polar surface area (TPSA) is 155 Å². The summed E-state index contributed by atoms with van der Waals surface area (Å²) in [5.74, 6) is 0.278. The zero-order chi connectivity index (χ0) is 26.6. The lowest BCUT2D eigenvalue weighted by molar-refractivity contribution is -0.0705. The van der Waals surface area contributed by atoms with Crippen molar-refractivity contribution in [2.45, 2.75) is 51.7 Å². The van der Waals surface area contributed by atoms with Gasteiger partial charge in [0.25, 0.3) is 10.0 Å². The first-order chi connectivity index (χ1) is 17.0. The Morgan fingerprint density at radius 3 is 2.47 bits per heavy atom. The molecule has 0 aliphatic carbocycles. The number of pyridine rings is 1. The summed E-state index contributed by atoms with van der Waals surface area (Å²) < 4.78 is 44.2. The second kappa shape index (κ2) is 11.4. The first kappa shape index (κ1) is 27.7. The number of sulfonamides is 1. The molecule has 36 heavy (non-hydrogen) atoms. The molecule has 0 aromatic carbocycles. The van der Waals surface area contributed by atoms with Crippen LogP contribution in [0.15, 0.2) is 16.9 Å². The molecule has 12 nitrogen and oxygen atoms in total. The molecule has 3 heterocycles. The van der Waals surface area contributed by atoms with E-state index in [2.05, 4.69) is 20.5 Å². The van der Waals surface area contributed by atoms with Crippen LogP contribution in [-0.2, 0) is 19.5 Å². The van der Waals surface area contributed by atoms with Gasteiger partial charge in [-0.15, -0.1) is 0 Å². The van der Waals surface area contributed by atoms with Crippen LogP contribution < -0.4 is 20.1 Å². The molecule has 13 heteroatoms. The fraction of sp³-hybridized carbons (Fsp3) is 0.609. The number of urea groups is 1. The van der Waals surface area contributed by atoms with Gasteiger partial charge in [-0.1, -0.05) is 27.7 Å². The van der Waals surface area contributed by atoms with Gasteiger partial charge in [-0.3, -0.25) is 4.90 Å². The van der Waals surface area contributed by atoms with Gasteiger partial charge in [0.05, 0.1) is 30.6 Å². The highest BCUT2D eigenvalue weighted by Gasteiger charge is 2.36. The molecular formula is C23H36N6O6S. The molecule has 0 radical (unpaired) electrons. The third-order valence-electron chi connectivity index (χ3n) is 6.19. The maximum atomic E-state index is 13.0. The predicted octanol–water partition coefficient (Wildman–Crippen LogP) is 1.93. The van der Waals surface area contributed by atoms with Crippen LogP contribution in [0.25, 0.3) is 0 Å². The number of aromatic nitrogens is 1. The second-order valence-electron chi connectivity index (χ2n) is 9.38. The molecule has 4 N–H and O–H groups in total. The van der Waals surface area contributed by atoms with Crippen molar-refractivity contribution in [1.82, 2.24) is 19.9 Å². The first-order valence-corrected chi connectivity index (χ1v) is 13.3. The summed E-state index contributed by atoms with van der Waals surface area (Å²) >= 11 is 0. The molecule has 3 rings (SSSR count). The number of methoxy groups -OCH3 is 2. The number of amides is 2. The lowest BCUT2D eigenvalue weighted by Crippen LogP contribution is -2.61. The van der Waals surface area contributed by atoms with Crippen LogP contribution in [0.1, 0.15) is 50.8 Å². The quantitative estimate of drug-likeness (QED) is 0.355. The van der Waals surface area contributed by atoms with Crippen LogP contribution in [0.4, 0.5) is 10.5 Å². The molecule has 1 aromatic heterocycles. The summed E-state index contributed by atoms with van der Waals surface area (Å²) in [5.41, 5.74) is 1.76. The van der Waals surface area contributed by atoms with Crippen LogP contribution in [0.3, 0.4) is 0 Å². The summed E-state index contributed by atoms with van der Waals surface area (Å²) in [7, 11) is -1.22. The van der Waals surface area contributed by atoms with E-state index in [1.165, 1.54) is 7.11 Å². The molecule has 2 amide bonds. The number of rotatable bonds is 9. The van der Waals surface area contributed by atoms with Crippen molar-refractivity contribution in [3.63, 3.8) is 0 Å². The summed E-state index contributed by atoms with van der Waals surface area (Å²) in [4.78, 5) is 19.0. The van der Waals surface area contributed by atoms with E-state index in [-0.39, 0.29) is 36.5 Å². The van der Waals surface area contributed by atoms with Gasteiger partial charge < -0.3 is 30.3 Å². The van der Waals surface area contributed by atoms with Gasteiger partial charge in [-0.05, 0) is 17.4 Å². The number of likely N-dealkylation sites (tertiary alicyclic amines) is 1. The molecule has 1 atom stereocenters. The number of nitrogens with one attached hydrogen (secondary N) is 4. The summed E-state index contributed by atoms with van der Waals surface area (Å²) in [6.07, 6.45) is 0.840. The standard InChI is InChI=1S/C23H36N6O6S/c1-13(2)17-7-19(34-6)26-20(14(3)4)21(17)27-23(30)28-36(31,32)18(8-24)22-25-9-15(12-35-22)29-10-16(11-29)33-5/h7-8,13-16,24-25H,9-12H2,1-6H3,(H2,27,28,30)/b22-18-,24-8?/t15-/m0/s1. The highest BCUT2D eigenvalue weighted by atomic mass is 32.2. The van der Waals surface area contributed by atoms with Gasteiger partial charge in [0.2, 0.25) is 11.8 Å². The van der Waals surface area contributed by atoms with Crippen LogP contribution in [0.5, 0.6) is 5.88 Å². The molecule has 0 spiro atoms. The number of ether oxygens (including phenoxy) is 3. The van der Waals surface area contributed by atoms with Crippen molar-refractivity contribution in [2.24, 2.45) is 0 Å². The zero-order valence-electron chi connectivity index (χ0n) is 21.5. The van der Waals surface area contributed by atoms with E-state index >= 15 is 0 Å². The Hall–Kier alpha value is -2.90. The number of anilines is 1. The van der Waals surface area contributed by atoms with Gasteiger partial charge in [0.1, 0.15) is 6.61 Å². The Morgan fingerprint density at radius 1 is 1.28 bits per heavy atom. The Labute approximate surface area is 212 Å². The van der Waals surface area contributed by atoms with E-state index in [1.54, 1.807) is 13.2 Å². The summed E-state index contributed by atoms with van der Waals surface area (Å²) in [6.45, 7) is 9.98. The summed E-state index contributed by atoms with van der Waals surface area (Å²) in [5, 5.41) is 13.3. The normalized spacial score (nSPS) is 20.3. The van der Waals surface area contributed by atoms with Gasteiger partial charge in [-0.2, -0.15) is 0 Å². The highest BCUT2D eigenvalue weighted by molar-refractivity contribution is 7.94. The molecule has 1 aromatic rings. The van der Waals surface area contributed by atoms with Crippen molar-refractivity contribution in [2.75, 3.05) is 45.8 Å². The molecule has 2 aliphatic rings. The largest absolute Gasteiger partial charge is 0.481 e. The van der Waals surface area contributed by atoms with Gasteiger partial charge in [-0.25, -0.2) is 22.9 Å². The minimum absolute atomic E-state index is 0.00363. The Morgan fingerprint density at radius 2 is 1.97 bits per heavy atom. The van der Waals surface area contributed by atoms with E-state index in [1.807, 2.05) is 32.4 Å². The van der Waals surface area contributed by atoms with Crippen LogP contribution >= 0.6 is 0 Å². The second-order valence-corrected chi connectivity index (χ2v) is 11.0. The molecule has 0 unspecified atom stereocenters. The van der Waals surface area contributed by atoms with Crippen LogP contribution in [-0.4, -0.2) is 83.2 Å². The highest BCUT2D eigenvalue weighted by Crippen LogP contribution is 2.34. The average molecular weight is 525 g/mol. The van der Waals surface area contributed by atoms with Gasteiger partial charge in [0.15, 0.2) is 4.91 Å². The monoisotopic (exact) mass is 524 g/mol. The zero-order valence-corrected chi connectivity index (χ0v) is 22.4. The molecule has 200 valence electrons. The lowest BCUT2D eigenvalue weighted by Gasteiger charge is -2.45. The van der Waals surface area contributed by atoms with E-state index in [0.29, 0.717) is 30.0 Å². The van der Waals surface area contributed by atoms with Crippen molar-refractivity contribution in [1.29, 1.82) is 5.41 Å². The Kier molecular flexibility index (Phi) is 8.80. The van der Waals surface area contributed by atoms with E-state index in [0.717, 1.165) is 18.7 Å².